The standard InChI is InChI=1S/C31H26FNO5/c1-3-38-26-17-22(12-15-25(26)37-2)28-27(29(34)23-11-10-20-6-4-5-7-21(20)16-23)30(35)31(36)33(28)18-19-8-13-24(32)14-9-19/h4-17,28,34H,3,18H2,1-2H3/b29-27+. The average molecular weight is 512 g/mol. The number of hydrogen-bond acceptors (Lipinski definition) is 5. The highest BCUT2D eigenvalue weighted by molar-refractivity contribution is 6.46. The Morgan fingerprint density at radius 2 is 1.66 bits per heavy atom. The number of halogens is 1. The fourth-order valence-corrected chi connectivity index (χ4v) is 4.80. The van der Waals surface area contributed by atoms with Gasteiger partial charge in [0.15, 0.2) is 11.5 Å². The van der Waals surface area contributed by atoms with Crippen LogP contribution in [0, 0.1) is 5.82 Å². The van der Waals surface area contributed by atoms with E-state index in [0.29, 0.717) is 34.8 Å². The van der Waals surface area contributed by atoms with Crippen LogP contribution in [-0.4, -0.2) is 35.4 Å². The van der Waals surface area contributed by atoms with Gasteiger partial charge in [-0.15, -0.1) is 0 Å². The summed E-state index contributed by atoms with van der Waals surface area (Å²) >= 11 is 0. The number of ether oxygens (including phenoxy) is 2. The van der Waals surface area contributed by atoms with Crippen LogP contribution >= 0.6 is 0 Å². The summed E-state index contributed by atoms with van der Waals surface area (Å²) in [5.41, 5.74) is 1.60. The van der Waals surface area contributed by atoms with Gasteiger partial charge in [0.25, 0.3) is 11.7 Å². The lowest BCUT2D eigenvalue weighted by molar-refractivity contribution is -0.140. The zero-order valence-corrected chi connectivity index (χ0v) is 21.0. The molecule has 0 radical (unpaired) electrons. The lowest BCUT2D eigenvalue weighted by atomic mass is 9.94. The number of benzene rings is 4. The molecule has 1 heterocycles. The van der Waals surface area contributed by atoms with Crippen LogP contribution in [-0.2, 0) is 16.1 Å². The minimum Gasteiger partial charge on any atom is -0.507 e. The third kappa shape index (κ3) is 4.59. The molecule has 4 aromatic carbocycles. The topological polar surface area (TPSA) is 76.1 Å². The van der Waals surface area contributed by atoms with E-state index in [1.807, 2.05) is 37.3 Å². The molecule has 1 fully saturated rings. The summed E-state index contributed by atoms with van der Waals surface area (Å²) in [6.45, 7) is 2.26. The van der Waals surface area contributed by atoms with Gasteiger partial charge in [-0.05, 0) is 59.2 Å². The van der Waals surface area contributed by atoms with Gasteiger partial charge in [0.1, 0.15) is 11.6 Å². The quantitative estimate of drug-likeness (QED) is 0.187. The van der Waals surface area contributed by atoms with Gasteiger partial charge in [-0.1, -0.05) is 54.6 Å². The number of hydrogen-bond donors (Lipinski definition) is 1. The molecule has 0 aliphatic carbocycles. The Bertz CT molecular complexity index is 1560. The van der Waals surface area contributed by atoms with Crippen molar-refractivity contribution in [2.75, 3.05) is 13.7 Å². The van der Waals surface area contributed by atoms with E-state index in [1.54, 1.807) is 42.5 Å². The molecule has 6 nitrogen and oxygen atoms in total. The maximum absolute atomic E-state index is 13.5. The van der Waals surface area contributed by atoms with Crippen molar-refractivity contribution in [2.45, 2.75) is 19.5 Å². The number of amides is 1. The first kappa shape index (κ1) is 25.0. The molecule has 1 aliphatic rings. The first-order valence-corrected chi connectivity index (χ1v) is 12.2. The van der Waals surface area contributed by atoms with E-state index in [1.165, 1.54) is 24.1 Å². The van der Waals surface area contributed by atoms with Gasteiger partial charge in [0, 0.05) is 12.1 Å². The molecule has 1 atom stereocenters. The van der Waals surface area contributed by atoms with Gasteiger partial charge < -0.3 is 19.5 Å². The Kier molecular flexibility index (Phi) is 6.83. The molecule has 0 spiro atoms. The molecule has 5 rings (SSSR count). The van der Waals surface area contributed by atoms with Crippen LogP contribution in [0.15, 0.2) is 90.5 Å². The first-order valence-electron chi connectivity index (χ1n) is 12.2. The fourth-order valence-electron chi connectivity index (χ4n) is 4.80. The maximum atomic E-state index is 13.5. The Morgan fingerprint density at radius 1 is 0.921 bits per heavy atom. The minimum atomic E-state index is -0.906. The number of rotatable bonds is 7. The zero-order valence-electron chi connectivity index (χ0n) is 21.0. The Morgan fingerprint density at radius 3 is 2.37 bits per heavy atom. The van der Waals surface area contributed by atoms with Gasteiger partial charge in [0.05, 0.1) is 25.3 Å². The number of likely N-dealkylation sites (tertiary alicyclic amines) is 1. The molecular weight excluding hydrogens is 485 g/mol. The minimum absolute atomic E-state index is 0.0278. The highest BCUT2D eigenvalue weighted by Gasteiger charge is 2.46. The molecule has 4 aromatic rings. The van der Waals surface area contributed by atoms with E-state index in [2.05, 4.69) is 0 Å². The number of aliphatic hydroxyl groups excluding tert-OH is 1. The smallest absolute Gasteiger partial charge is 0.295 e. The van der Waals surface area contributed by atoms with Gasteiger partial charge >= 0.3 is 0 Å². The lowest BCUT2D eigenvalue weighted by Gasteiger charge is -2.26. The molecule has 0 saturated carbocycles. The summed E-state index contributed by atoms with van der Waals surface area (Å²) in [5, 5.41) is 13.3. The number of fused-ring (bicyclic) bond motifs is 1. The van der Waals surface area contributed by atoms with Gasteiger partial charge in [0.2, 0.25) is 0 Å². The molecule has 192 valence electrons. The van der Waals surface area contributed by atoms with Crippen molar-refractivity contribution in [2.24, 2.45) is 0 Å². The van der Waals surface area contributed by atoms with Crippen LogP contribution in [0.25, 0.3) is 16.5 Å². The monoisotopic (exact) mass is 511 g/mol. The third-order valence-corrected chi connectivity index (χ3v) is 6.63. The molecule has 1 aliphatic heterocycles. The van der Waals surface area contributed by atoms with Crippen LogP contribution in [0.5, 0.6) is 11.5 Å². The fraction of sp³-hybridized carbons (Fsp3) is 0.161. The van der Waals surface area contributed by atoms with Gasteiger partial charge in [-0.3, -0.25) is 9.59 Å². The maximum Gasteiger partial charge on any atom is 0.295 e. The summed E-state index contributed by atoms with van der Waals surface area (Å²) in [4.78, 5) is 28.2. The zero-order chi connectivity index (χ0) is 26.8. The molecule has 1 saturated heterocycles. The average Bonchev–Trinajstić information content (AvgIpc) is 3.18. The van der Waals surface area contributed by atoms with Crippen molar-refractivity contribution in [1.82, 2.24) is 4.90 Å². The molecule has 1 N–H and O–H groups in total. The normalized spacial score (nSPS) is 16.7. The number of carbonyl (C=O) groups excluding carboxylic acids is 2. The van der Waals surface area contributed by atoms with E-state index in [0.717, 1.165) is 10.8 Å². The molecule has 0 bridgehead atoms. The summed E-state index contributed by atoms with van der Waals surface area (Å²) in [7, 11) is 1.53. The molecule has 7 heteroatoms. The second-order valence-corrected chi connectivity index (χ2v) is 8.96. The second kappa shape index (κ2) is 10.4. The van der Waals surface area contributed by atoms with Crippen molar-refractivity contribution in [3.8, 4) is 11.5 Å². The van der Waals surface area contributed by atoms with Crippen molar-refractivity contribution >= 4 is 28.2 Å². The Labute approximate surface area is 219 Å². The van der Waals surface area contributed by atoms with Crippen LogP contribution in [0.2, 0.25) is 0 Å². The predicted molar refractivity (Wildman–Crippen MR) is 142 cm³/mol. The number of Topliss-reactive ketones (excluding diaryl/α,β-unsaturated/α-hetero) is 1. The van der Waals surface area contributed by atoms with Gasteiger partial charge in [-0.2, -0.15) is 0 Å². The first-order chi connectivity index (χ1) is 18.4. The predicted octanol–water partition coefficient (Wildman–Crippen LogP) is 6.01. The Balaban J connectivity index is 1.68. The summed E-state index contributed by atoms with van der Waals surface area (Å²) in [5.74, 6) is -1.27. The lowest BCUT2D eigenvalue weighted by Crippen LogP contribution is -2.29. The third-order valence-electron chi connectivity index (χ3n) is 6.63. The largest absolute Gasteiger partial charge is 0.507 e. The highest BCUT2D eigenvalue weighted by Crippen LogP contribution is 2.43. The van der Waals surface area contributed by atoms with E-state index < -0.39 is 23.5 Å². The van der Waals surface area contributed by atoms with E-state index in [-0.39, 0.29) is 17.9 Å². The van der Waals surface area contributed by atoms with Crippen molar-refractivity contribution in [3.63, 3.8) is 0 Å². The molecular formula is C31H26FNO5. The van der Waals surface area contributed by atoms with Crippen molar-refractivity contribution in [3.05, 3.63) is 113 Å². The SMILES string of the molecule is CCOc1cc(C2/C(=C(\O)c3ccc4ccccc4c3)C(=O)C(=O)N2Cc2ccc(F)cc2)ccc1OC. The Hall–Kier alpha value is -4.65. The highest BCUT2D eigenvalue weighted by atomic mass is 19.1. The van der Waals surface area contributed by atoms with Crippen LogP contribution in [0.3, 0.4) is 0 Å². The number of ketones is 1. The van der Waals surface area contributed by atoms with E-state index in [4.69, 9.17) is 9.47 Å². The number of carbonyl (C=O) groups is 2. The number of aliphatic hydroxyl groups is 1. The molecule has 1 unspecified atom stereocenters. The number of methoxy groups -OCH3 is 1. The van der Waals surface area contributed by atoms with Crippen LogP contribution in [0.1, 0.15) is 29.7 Å². The summed E-state index contributed by atoms with van der Waals surface area (Å²) < 4.78 is 24.7. The van der Waals surface area contributed by atoms with Gasteiger partial charge in [-0.25, -0.2) is 4.39 Å². The van der Waals surface area contributed by atoms with Crippen LogP contribution in [0.4, 0.5) is 4.39 Å². The van der Waals surface area contributed by atoms with Crippen molar-refractivity contribution in [1.29, 1.82) is 0 Å². The molecule has 1 amide bonds. The summed E-state index contributed by atoms with van der Waals surface area (Å²) in [6, 6.07) is 23.0. The summed E-state index contributed by atoms with van der Waals surface area (Å²) in [6.07, 6.45) is 0. The molecule has 0 aromatic heterocycles. The van der Waals surface area contributed by atoms with Crippen molar-refractivity contribution < 1.29 is 28.6 Å². The van der Waals surface area contributed by atoms with E-state index >= 15 is 0 Å². The number of nitrogens with zero attached hydrogens (tertiary/aromatic N) is 1. The second-order valence-electron chi connectivity index (χ2n) is 8.96. The van der Waals surface area contributed by atoms with Crippen LogP contribution < -0.4 is 9.47 Å². The van der Waals surface area contributed by atoms with E-state index in [9.17, 15) is 19.1 Å². The molecule has 38 heavy (non-hydrogen) atoms.